The van der Waals surface area contributed by atoms with Gasteiger partial charge in [-0.2, -0.15) is 0 Å². The van der Waals surface area contributed by atoms with Crippen molar-refractivity contribution in [2.24, 2.45) is 0 Å². The van der Waals surface area contributed by atoms with Gasteiger partial charge in [-0.05, 0) is 36.8 Å². The van der Waals surface area contributed by atoms with Crippen molar-refractivity contribution in [3.8, 4) is 11.8 Å². The highest BCUT2D eigenvalue weighted by Gasteiger charge is 2.10. The fraction of sp³-hybridized carbons (Fsp3) is 0.188. The van der Waals surface area contributed by atoms with Gasteiger partial charge in [0.25, 0.3) is 5.91 Å². The summed E-state index contributed by atoms with van der Waals surface area (Å²) in [6, 6.07) is 8.88. The van der Waals surface area contributed by atoms with E-state index < -0.39 is 0 Å². The van der Waals surface area contributed by atoms with E-state index in [1.54, 1.807) is 12.1 Å². The fourth-order valence-corrected chi connectivity index (χ4v) is 1.68. The van der Waals surface area contributed by atoms with E-state index in [1.807, 2.05) is 25.1 Å². The molecule has 4 heteroatoms. The Hall–Kier alpha value is -2.51. The molecule has 2 N–H and O–H groups in total. The summed E-state index contributed by atoms with van der Waals surface area (Å²) in [5.41, 5.74) is 2.37. The summed E-state index contributed by atoms with van der Waals surface area (Å²) in [6.45, 7) is 1.96. The monoisotopic (exact) mass is 269 g/mol. The van der Waals surface area contributed by atoms with Crippen molar-refractivity contribution in [1.82, 2.24) is 0 Å². The summed E-state index contributed by atoms with van der Waals surface area (Å²) in [7, 11) is 0. The molecule has 0 saturated carbocycles. The first-order valence-electron chi connectivity index (χ1n) is 6.26. The molecule has 0 radical (unpaired) electrons. The number of hydrogen-bond donors (Lipinski definition) is 2. The number of benzene rings is 1. The SMILES string of the molecule is Cc1ccc(C#CCCO)c(NC(=O)c2ccco2)c1. The molecule has 1 aromatic heterocycles. The summed E-state index contributed by atoms with van der Waals surface area (Å²) >= 11 is 0. The van der Waals surface area contributed by atoms with E-state index in [9.17, 15) is 4.79 Å². The lowest BCUT2D eigenvalue weighted by Gasteiger charge is -2.07. The van der Waals surface area contributed by atoms with Gasteiger partial charge < -0.3 is 14.8 Å². The maximum absolute atomic E-state index is 12.0. The van der Waals surface area contributed by atoms with Crippen LogP contribution in [0.15, 0.2) is 41.0 Å². The molecular weight excluding hydrogens is 254 g/mol. The lowest BCUT2D eigenvalue weighted by Crippen LogP contribution is -2.12. The van der Waals surface area contributed by atoms with Crippen LogP contribution in [0.4, 0.5) is 5.69 Å². The van der Waals surface area contributed by atoms with E-state index in [0.717, 1.165) is 5.56 Å². The smallest absolute Gasteiger partial charge is 0.291 e. The van der Waals surface area contributed by atoms with Gasteiger partial charge in [-0.15, -0.1) is 0 Å². The Balaban J connectivity index is 2.24. The highest BCUT2D eigenvalue weighted by molar-refractivity contribution is 6.03. The van der Waals surface area contributed by atoms with Gasteiger partial charge in [-0.1, -0.05) is 17.9 Å². The van der Waals surface area contributed by atoms with Gasteiger partial charge in [0.2, 0.25) is 0 Å². The van der Waals surface area contributed by atoms with Crippen molar-refractivity contribution in [2.75, 3.05) is 11.9 Å². The zero-order valence-electron chi connectivity index (χ0n) is 11.1. The normalized spacial score (nSPS) is 9.70. The van der Waals surface area contributed by atoms with Gasteiger partial charge in [0.05, 0.1) is 18.6 Å². The van der Waals surface area contributed by atoms with Gasteiger partial charge in [0, 0.05) is 12.0 Å². The number of aryl methyl sites for hydroxylation is 1. The van der Waals surface area contributed by atoms with Crippen LogP contribution in [0.2, 0.25) is 0 Å². The zero-order chi connectivity index (χ0) is 14.4. The van der Waals surface area contributed by atoms with Gasteiger partial charge >= 0.3 is 0 Å². The molecule has 0 aliphatic heterocycles. The van der Waals surface area contributed by atoms with Crippen molar-refractivity contribution >= 4 is 11.6 Å². The van der Waals surface area contributed by atoms with Crippen LogP contribution in [0, 0.1) is 18.8 Å². The quantitative estimate of drug-likeness (QED) is 0.842. The number of furan rings is 1. The second kappa shape index (κ2) is 6.60. The number of aliphatic hydroxyl groups is 1. The molecule has 1 aromatic carbocycles. The predicted octanol–water partition coefficient (Wildman–Crippen LogP) is 2.57. The number of anilines is 1. The number of aliphatic hydroxyl groups excluding tert-OH is 1. The lowest BCUT2D eigenvalue weighted by molar-refractivity contribution is 0.0996. The predicted molar refractivity (Wildman–Crippen MR) is 76.4 cm³/mol. The fourth-order valence-electron chi connectivity index (χ4n) is 1.68. The first-order chi connectivity index (χ1) is 9.70. The van der Waals surface area contributed by atoms with E-state index in [2.05, 4.69) is 17.2 Å². The van der Waals surface area contributed by atoms with Gasteiger partial charge in [0.15, 0.2) is 5.76 Å². The molecule has 2 rings (SSSR count). The van der Waals surface area contributed by atoms with E-state index in [0.29, 0.717) is 17.7 Å². The molecule has 1 amide bonds. The van der Waals surface area contributed by atoms with Crippen molar-refractivity contribution in [3.63, 3.8) is 0 Å². The Morgan fingerprint density at radius 1 is 1.40 bits per heavy atom. The van der Waals surface area contributed by atoms with Crippen LogP contribution >= 0.6 is 0 Å². The van der Waals surface area contributed by atoms with Crippen LogP contribution in [0.25, 0.3) is 0 Å². The van der Waals surface area contributed by atoms with Crippen LogP contribution in [-0.2, 0) is 0 Å². The van der Waals surface area contributed by atoms with Crippen LogP contribution in [0.1, 0.15) is 28.1 Å². The number of carbonyl (C=O) groups is 1. The minimum Gasteiger partial charge on any atom is -0.459 e. The topological polar surface area (TPSA) is 62.5 Å². The molecule has 20 heavy (non-hydrogen) atoms. The van der Waals surface area contributed by atoms with Gasteiger partial charge in [-0.3, -0.25) is 4.79 Å². The molecule has 4 nitrogen and oxygen atoms in total. The maximum atomic E-state index is 12.0. The average Bonchev–Trinajstić information content (AvgIpc) is 2.95. The van der Waals surface area contributed by atoms with Crippen LogP contribution < -0.4 is 5.32 Å². The molecule has 0 spiro atoms. The van der Waals surface area contributed by atoms with Crippen molar-refractivity contribution in [2.45, 2.75) is 13.3 Å². The third kappa shape index (κ3) is 3.50. The molecule has 0 aliphatic carbocycles. The zero-order valence-corrected chi connectivity index (χ0v) is 11.1. The van der Waals surface area contributed by atoms with Gasteiger partial charge in [0.1, 0.15) is 0 Å². The second-order valence-corrected chi connectivity index (χ2v) is 4.26. The van der Waals surface area contributed by atoms with E-state index in [-0.39, 0.29) is 18.3 Å². The highest BCUT2D eigenvalue weighted by Crippen LogP contribution is 2.18. The number of rotatable bonds is 3. The van der Waals surface area contributed by atoms with Crippen LogP contribution in [-0.4, -0.2) is 17.6 Å². The Kier molecular flexibility index (Phi) is 4.59. The molecule has 0 fully saturated rings. The van der Waals surface area contributed by atoms with Crippen molar-refractivity contribution in [1.29, 1.82) is 0 Å². The maximum Gasteiger partial charge on any atom is 0.291 e. The average molecular weight is 269 g/mol. The molecule has 0 saturated heterocycles. The van der Waals surface area contributed by atoms with Crippen LogP contribution in [0.5, 0.6) is 0 Å². The van der Waals surface area contributed by atoms with E-state index in [1.165, 1.54) is 6.26 Å². The number of hydrogen-bond acceptors (Lipinski definition) is 3. The molecule has 1 heterocycles. The first-order valence-corrected chi connectivity index (χ1v) is 6.26. The summed E-state index contributed by atoms with van der Waals surface area (Å²) in [6.07, 6.45) is 1.85. The summed E-state index contributed by atoms with van der Waals surface area (Å²) < 4.78 is 5.06. The summed E-state index contributed by atoms with van der Waals surface area (Å²) in [4.78, 5) is 12.0. The first kappa shape index (κ1) is 13.9. The number of nitrogens with one attached hydrogen (secondary N) is 1. The van der Waals surface area contributed by atoms with Crippen molar-refractivity contribution in [3.05, 3.63) is 53.5 Å². The molecule has 0 unspecified atom stereocenters. The Bertz CT molecular complexity index is 648. The molecule has 0 bridgehead atoms. The minimum absolute atomic E-state index is 0.0208. The Labute approximate surface area is 117 Å². The highest BCUT2D eigenvalue weighted by atomic mass is 16.3. The largest absolute Gasteiger partial charge is 0.459 e. The standard InChI is InChI=1S/C16H15NO3/c1-12-7-8-13(5-2-3-9-18)14(11-12)17-16(19)15-6-4-10-20-15/h4,6-8,10-11,18H,3,9H2,1H3,(H,17,19). The second-order valence-electron chi connectivity index (χ2n) is 4.26. The summed E-state index contributed by atoms with van der Waals surface area (Å²) in [5, 5.41) is 11.5. The Morgan fingerprint density at radius 3 is 2.95 bits per heavy atom. The third-order valence-corrected chi connectivity index (χ3v) is 2.63. The van der Waals surface area contributed by atoms with Gasteiger partial charge in [-0.25, -0.2) is 0 Å². The van der Waals surface area contributed by atoms with E-state index >= 15 is 0 Å². The minimum atomic E-state index is -0.314. The molecule has 2 aromatic rings. The third-order valence-electron chi connectivity index (χ3n) is 2.63. The molecule has 102 valence electrons. The Morgan fingerprint density at radius 2 is 2.25 bits per heavy atom. The van der Waals surface area contributed by atoms with Crippen molar-refractivity contribution < 1.29 is 14.3 Å². The van der Waals surface area contributed by atoms with Crippen LogP contribution in [0.3, 0.4) is 0 Å². The molecule has 0 aliphatic rings. The molecule has 0 atom stereocenters. The van der Waals surface area contributed by atoms with E-state index in [4.69, 9.17) is 9.52 Å². The summed E-state index contributed by atoms with van der Waals surface area (Å²) in [5.74, 6) is 5.72. The lowest BCUT2D eigenvalue weighted by atomic mass is 10.1. The number of carbonyl (C=O) groups excluding carboxylic acids is 1. The molecular formula is C16H15NO3. The number of amides is 1.